The molecule has 2 aromatic carbocycles. The molecule has 0 radical (unpaired) electrons. The lowest BCUT2D eigenvalue weighted by Crippen LogP contribution is -2.39. The fraction of sp³-hybridized carbons (Fsp3) is 0.278. The molecule has 0 spiro atoms. The SMILES string of the molecule is CC(C)(C(=O)NCc1cc(Br)ccc1OC(F)F)c1ccc(F)cc1. The van der Waals surface area contributed by atoms with Gasteiger partial charge in [-0.3, -0.25) is 4.79 Å². The molecule has 0 bridgehead atoms. The summed E-state index contributed by atoms with van der Waals surface area (Å²) in [5, 5.41) is 2.71. The Morgan fingerprint density at radius 1 is 1.20 bits per heavy atom. The predicted molar refractivity (Wildman–Crippen MR) is 92.0 cm³/mol. The van der Waals surface area contributed by atoms with E-state index in [-0.39, 0.29) is 24.0 Å². The average Bonchev–Trinajstić information content (AvgIpc) is 2.54. The van der Waals surface area contributed by atoms with Gasteiger partial charge in [0.05, 0.1) is 5.41 Å². The van der Waals surface area contributed by atoms with Crippen molar-refractivity contribution in [1.82, 2.24) is 5.32 Å². The smallest absolute Gasteiger partial charge is 0.387 e. The van der Waals surface area contributed by atoms with E-state index < -0.39 is 12.0 Å². The van der Waals surface area contributed by atoms with Crippen molar-refractivity contribution in [2.75, 3.05) is 0 Å². The lowest BCUT2D eigenvalue weighted by molar-refractivity contribution is -0.125. The van der Waals surface area contributed by atoms with Gasteiger partial charge < -0.3 is 10.1 Å². The first-order valence-corrected chi connectivity index (χ1v) is 8.27. The van der Waals surface area contributed by atoms with Crippen LogP contribution in [0.5, 0.6) is 5.75 Å². The molecule has 0 aliphatic heterocycles. The number of nitrogens with one attached hydrogen (secondary N) is 1. The van der Waals surface area contributed by atoms with E-state index in [0.29, 0.717) is 15.6 Å². The van der Waals surface area contributed by atoms with Gasteiger partial charge in [-0.25, -0.2) is 4.39 Å². The highest BCUT2D eigenvalue weighted by Crippen LogP contribution is 2.27. The Hall–Kier alpha value is -2.02. The maximum Gasteiger partial charge on any atom is 0.387 e. The van der Waals surface area contributed by atoms with Gasteiger partial charge in [-0.1, -0.05) is 28.1 Å². The quantitative estimate of drug-likeness (QED) is 0.736. The fourth-order valence-electron chi connectivity index (χ4n) is 2.29. The summed E-state index contributed by atoms with van der Waals surface area (Å²) in [4.78, 5) is 12.5. The number of hydrogen-bond acceptors (Lipinski definition) is 2. The van der Waals surface area contributed by atoms with Crippen LogP contribution in [-0.4, -0.2) is 12.5 Å². The van der Waals surface area contributed by atoms with Crippen molar-refractivity contribution in [3.8, 4) is 5.75 Å². The molecule has 25 heavy (non-hydrogen) atoms. The molecule has 0 saturated heterocycles. The molecule has 0 atom stereocenters. The van der Waals surface area contributed by atoms with E-state index in [9.17, 15) is 18.0 Å². The molecule has 134 valence electrons. The summed E-state index contributed by atoms with van der Waals surface area (Å²) in [5.41, 5.74) is 0.145. The second-order valence-corrected chi connectivity index (χ2v) is 6.86. The number of hydrogen-bond donors (Lipinski definition) is 1. The molecular weight excluding hydrogens is 399 g/mol. The van der Waals surface area contributed by atoms with Gasteiger partial charge in [-0.05, 0) is 49.7 Å². The second-order valence-electron chi connectivity index (χ2n) is 5.95. The Balaban J connectivity index is 2.13. The van der Waals surface area contributed by atoms with E-state index in [1.54, 1.807) is 38.1 Å². The van der Waals surface area contributed by atoms with Crippen LogP contribution in [0, 0.1) is 5.82 Å². The minimum absolute atomic E-state index is 0.00177. The van der Waals surface area contributed by atoms with E-state index in [1.807, 2.05) is 0 Å². The summed E-state index contributed by atoms with van der Waals surface area (Å²) >= 11 is 3.26. The van der Waals surface area contributed by atoms with E-state index in [0.717, 1.165) is 0 Å². The summed E-state index contributed by atoms with van der Waals surface area (Å²) in [6, 6.07) is 10.2. The molecule has 0 saturated carbocycles. The van der Waals surface area contributed by atoms with E-state index in [4.69, 9.17) is 0 Å². The van der Waals surface area contributed by atoms with Gasteiger partial charge in [0.25, 0.3) is 0 Å². The molecule has 0 fully saturated rings. The number of carbonyl (C=O) groups excluding carboxylic acids is 1. The van der Waals surface area contributed by atoms with Crippen molar-refractivity contribution in [2.45, 2.75) is 32.4 Å². The zero-order chi connectivity index (χ0) is 18.6. The number of ether oxygens (including phenoxy) is 1. The molecule has 0 heterocycles. The maximum absolute atomic E-state index is 13.1. The van der Waals surface area contributed by atoms with Crippen LogP contribution >= 0.6 is 15.9 Å². The summed E-state index contributed by atoms with van der Waals surface area (Å²) in [5.74, 6) is -0.706. The Bertz CT molecular complexity index is 748. The van der Waals surface area contributed by atoms with E-state index in [1.165, 1.54) is 18.2 Å². The Labute approximate surface area is 152 Å². The zero-order valence-electron chi connectivity index (χ0n) is 13.7. The van der Waals surface area contributed by atoms with Gasteiger partial charge in [0.15, 0.2) is 0 Å². The Morgan fingerprint density at radius 3 is 2.44 bits per heavy atom. The van der Waals surface area contributed by atoms with Crippen LogP contribution in [0.2, 0.25) is 0 Å². The monoisotopic (exact) mass is 415 g/mol. The normalized spacial score (nSPS) is 11.5. The Morgan fingerprint density at radius 2 is 1.84 bits per heavy atom. The number of amides is 1. The number of rotatable bonds is 6. The topological polar surface area (TPSA) is 38.3 Å². The summed E-state index contributed by atoms with van der Waals surface area (Å²) in [7, 11) is 0. The van der Waals surface area contributed by atoms with Crippen molar-refractivity contribution in [2.24, 2.45) is 0 Å². The summed E-state index contributed by atoms with van der Waals surface area (Å²) in [6.07, 6.45) is 0. The van der Waals surface area contributed by atoms with Gasteiger partial charge >= 0.3 is 6.61 Å². The van der Waals surface area contributed by atoms with Crippen LogP contribution in [-0.2, 0) is 16.8 Å². The maximum atomic E-state index is 13.1. The third-order valence-corrected chi connectivity index (χ3v) is 4.30. The summed E-state index contributed by atoms with van der Waals surface area (Å²) in [6.45, 7) is 0.469. The average molecular weight is 416 g/mol. The highest BCUT2D eigenvalue weighted by molar-refractivity contribution is 9.10. The van der Waals surface area contributed by atoms with E-state index >= 15 is 0 Å². The molecule has 1 amide bonds. The number of alkyl halides is 2. The van der Waals surface area contributed by atoms with Gasteiger partial charge in [0.1, 0.15) is 11.6 Å². The van der Waals surface area contributed by atoms with Crippen molar-refractivity contribution in [1.29, 1.82) is 0 Å². The minimum atomic E-state index is -2.95. The molecule has 2 aromatic rings. The van der Waals surface area contributed by atoms with Crippen molar-refractivity contribution in [3.05, 3.63) is 63.9 Å². The number of benzene rings is 2. The molecule has 3 nitrogen and oxygen atoms in total. The zero-order valence-corrected chi connectivity index (χ0v) is 15.2. The predicted octanol–water partition coefficient (Wildman–Crippen LogP) is 4.78. The molecule has 7 heteroatoms. The van der Waals surface area contributed by atoms with Crippen LogP contribution in [0.25, 0.3) is 0 Å². The highest BCUT2D eigenvalue weighted by atomic mass is 79.9. The van der Waals surface area contributed by atoms with Gasteiger partial charge in [-0.2, -0.15) is 8.78 Å². The third-order valence-electron chi connectivity index (χ3n) is 3.81. The number of carbonyl (C=O) groups is 1. The first kappa shape index (κ1) is 19.3. The van der Waals surface area contributed by atoms with Crippen LogP contribution < -0.4 is 10.1 Å². The third kappa shape index (κ3) is 4.98. The molecule has 1 N–H and O–H groups in total. The molecular formula is C18H17BrF3NO2. The van der Waals surface area contributed by atoms with Crippen molar-refractivity contribution >= 4 is 21.8 Å². The first-order chi connectivity index (χ1) is 11.7. The van der Waals surface area contributed by atoms with Crippen LogP contribution in [0.4, 0.5) is 13.2 Å². The van der Waals surface area contributed by atoms with Crippen molar-refractivity contribution in [3.63, 3.8) is 0 Å². The first-order valence-electron chi connectivity index (χ1n) is 7.47. The van der Waals surface area contributed by atoms with Gasteiger partial charge in [-0.15, -0.1) is 0 Å². The molecule has 2 rings (SSSR count). The standard InChI is InChI=1S/C18H17BrF3NO2/c1-18(2,12-3-6-14(20)7-4-12)16(24)23-10-11-9-13(19)5-8-15(11)25-17(21)22/h3-9,17H,10H2,1-2H3,(H,23,24). The molecule has 0 aromatic heterocycles. The van der Waals surface area contributed by atoms with Gasteiger partial charge in [0.2, 0.25) is 5.91 Å². The lowest BCUT2D eigenvalue weighted by atomic mass is 9.83. The molecule has 0 aliphatic carbocycles. The fourth-order valence-corrected chi connectivity index (χ4v) is 2.70. The Kier molecular flexibility index (Phi) is 6.11. The lowest BCUT2D eigenvalue weighted by Gasteiger charge is -2.24. The number of halogens is 4. The van der Waals surface area contributed by atoms with Crippen molar-refractivity contribution < 1.29 is 22.7 Å². The second kappa shape index (κ2) is 7.91. The summed E-state index contributed by atoms with van der Waals surface area (Å²) < 4.78 is 43.2. The molecule has 0 unspecified atom stereocenters. The molecule has 0 aliphatic rings. The van der Waals surface area contributed by atoms with Crippen LogP contribution in [0.3, 0.4) is 0 Å². The van der Waals surface area contributed by atoms with Gasteiger partial charge in [0, 0.05) is 16.6 Å². The largest absolute Gasteiger partial charge is 0.434 e. The minimum Gasteiger partial charge on any atom is -0.434 e. The highest BCUT2D eigenvalue weighted by Gasteiger charge is 2.29. The van der Waals surface area contributed by atoms with E-state index in [2.05, 4.69) is 26.0 Å². The van der Waals surface area contributed by atoms with Crippen LogP contribution in [0.1, 0.15) is 25.0 Å². The van der Waals surface area contributed by atoms with Crippen LogP contribution in [0.15, 0.2) is 46.9 Å².